The van der Waals surface area contributed by atoms with Crippen LogP contribution in [0, 0.1) is 5.82 Å². The van der Waals surface area contributed by atoms with Crippen LogP contribution in [0.3, 0.4) is 0 Å². The number of benzene rings is 1. The molecule has 0 fully saturated rings. The molecule has 0 aliphatic carbocycles. The second-order valence-electron chi connectivity index (χ2n) is 3.29. The second-order valence-corrected chi connectivity index (χ2v) is 3.29. The third kappa shape index (κ3) is 1.56. The molecule has 0 amide bonds. The van der Waals surface area contributed by atoms with Gasteiger partial charge in [0, 0.05) is 12.6 Å². The monoisotopic (exact) mass is 229 g/mol. The van der Waals surface area contributed by atoms with Crippen molar-refractivity contribution in [1.29, 1.82) is 0 Å². The lowest BCUT2D eigenvalue weighted by molar-refractivity contribution is 0.158. The first-order valence-corrected chi connectivity index (χ1v) is 4.73. The van der Waals surface area contributed by atoms with E-state index in [1.54, 1.807) is 0 Å². The number of rotatable bonds is 3. The standard InChI is InChI=1S/C10H12FNO4/c1-14-9-5(11)2-7-10(16-4-15-7)8(9)6(13)3-12/h2,6,13H,3-4,12H2,1H3. The van der Waals surface area contributed by atoms with E-state index in [0.717, 1.165) is 6.07 Å². The molecule has 2 rings (SSSR count). The largest absolute Gasteiger partial charge is 0.493 e. The van der Waals surface area contributed by atoms with Crippen molar-refractivity contribution in [2.24, 2.45) is 5.73 Å². The van der Waals surface area contributed by atoms with Gasteiger partial charge in [-0.1, -0.05) is 0 Å². The molecule has 0 bridgehead atoms. The average Bonchev–Trinajstić information content (AvgIpc) is 2.73. The fourth-order valence-electron chi connectivity index (χ4n) is 1.65. The molecule has 1 heterocycles. The summed E-state index contributed by atoms with van der Waals surface area (Å²) in [7, 11) is 1.31. The molecule has 1 aliphatic rings. The minimum Gasteiger partial charge on any atom is -0.493 e. The summed E-state index contributed by atoms with van der Waals surface area (Å²) in [6, 6.07) is 1.16. The van der Waals surface area contributed by atoms with Crippen molar-refractivity contribution in [3.63, 3.8) is 0 Å². The molecule has 0 radical (unpaired) electrons. The van der Waals surface area contributed by atoms with Gasteiger partial charge < -0.3 is 25.1 Å². The molecular weight excluding hydrogens is 217 g/mol. The molecule has 1 unspecified atom stereocenters. The summed E-state index contributed by atoms with van der Waals surface area (Å²) in [5, 5.41) is 9.72. The van der Waals surface area contributed by atoms with Crippen LogP contribution in [0.4, 0.5) is 4.39 Å². The molecule has 1 aliphatic heterocycles. The third-order valence-corrected chi connectivity index (χ3v) is 2.37. The normalized spacial score (nSPS) is 15.0. The molecule has 6 heteroatoms. The predicted octanol–water partition coefficient (Wildman–Crippen LogP) is 0.555. The van der Waals surface area contributed by atoms with Crippen LogP contribution in [0.2, 0.25) is 0 Å². The number of nitrogens with two attached hydrogens (primary N) is 1. The molecule has 1 atom stereocenters. The number of hydrogen-bond acceptors (Lipinski definition) is 5. The summed E-state index contributed by atoms with van der Waals surface area (Å²) in [5.74, 6) is -0.145. The Labute approximate surface area is 91.5 Å². The van der Waals surface area contributed by atoms with Gasteiger partial charge in [-0.25, -0.2) is 4.39 Å². The first-order valence-electron chi connectivity index (χ1n) is 4.73. The fraction of sp³-hybridized carbons (Fsp3) is 0.400. The second kappa shape index (κ2) is 4.15. The van der Waals surface area contributed by atoms with Crippen LogP contribution in [-0.4, -0.2) is 25.6 Å². The lowest BCUT2D eigenvalue weighted by Gasteiger charge is -2.15. The Bertz CT molecular complexity index is 407. The smallest absolute Gasteiger partial charge is 0.231 e. The van der Waals surface area contributed by atoms with Gasteiger partial charge in [0.25, 0.3) is 0 Å². The lowest BCUT2D eigenvalue weighted by Crippen LogP contribution is -2.14. The number of ether oxygens (including phenoxy) is 3. The first-order chi connectivity index (χ1) is 7.69. The number of aliphatic hydroxyl groups excluding tert-OH is 1. The Balaban J connectivity index is 2.61. The van der Waals surface area contributed by atoms with Crippen LogP contribution in [0.15, 0.2) is 6.07 Å². The summed E-state index contributed by atoms with van der Waals surface area (Å²) in [6.45, 7) is -0.0676. The minimum absolute atomic E-state index is 0.00771. The van der Waals surface area contributed by atoms with Gasteiger partial charge in [-0.2, -0.15) is 0 Å². The van der Waals surface area contributed by atoms with Gasteiger partial charge >= 0.3 is 0 Å². The Morgan fingerprint density at radius 1 is 1.62 bits per heavy atom. The van der Waals surface area contributed by atoms with Gasteiger partial charge in [-0.15, -0.1) is 0 Å². The Hall–Kier alpha value is -1.53. The molecule has 1 aromatic rings. The summed E-state index contributed by atoms with van der Waals surface area (Å²) in [4.78, 5) is 0. The van der Waals surface area contributed by atoms with E-state index in [9.17, 15) is 9.50 Å². The lowest BCUT2D eigenvalue weighted by atomic mass is 10.1. The minimum atomic E-state index is -1.05. The zero-order valence-electron chi connectivity index (χ0n) is 8.70. The number of aliphatic hydroxyl groups is 1. The predicted molar refractivity (Wildman–Crippen MR) is 53.1 cm³/mol. The Morgan fingerprint density at radius 3 is 3.00 bits per heavy atom. The van der Waals surface area contributed by atoms with Gasteiger partial charge in [0.1, 0.15) is 0 Å². The summed E-state index contributed by atoms with van der Waals surface area (Å²) < 4.78 is 28.7. The van der Waals surface area contributed by atoms with Crippen molar-refractivity contribution in [2.75, 3.05) is 20.4 Å². The molecule has 0 aromatic heterocycles. The maximum atomic E-state index is 13.6. The van der Waals surface area contributed by atoms with Crippen molar-refractivity contribution < 1.29 is 23.7 Å². The fourth-order valence-corrected chi connectivity index (χ4v) is 1.65. The van der Waals surface area contributed by atoms with Crippen molar-refractivity contribution >= 4 is 0 Å². The van der Waals surface area contributed by atoms with Crippen LogP contribution in [-0.2, 0) is 0 Å². The summed E-state index contributed by atoms with van der Waals surface area (Å²) in [6.07, 6.45) is -1.05. The maximum Gasteiger partial charge on any atom is 0.231 e. The molecule has 5 nitrogen and oxygen atoms in total. The molecule has 0 spiro atoms. The van der Waals surface area contributed by atoms with Crippen molar-refractivity contribution in [1.82, 2.24) is 0 Å². The van der Waals surface area contributed by atoms with Crippen LogP contribution >= 0.6 is 0 Å². The van der Waals surface area contributed by atoms with Gasteiger partial charge in [0.05, 0.1) is 18.8 Å². The topological polar surface area (TPSA) is 73.9 Å². The van der Waals surface area contributed by atoms with E-state index in [4.69, 9.17) is 19.9 Å². The number of methoxy groups -OCH3 is 1. The van der Waals surface area contributed by atoms with Gasteiger partial charge in [-0.05, 0) is 0 Å². The van der Waals surface area contributed by atoms with Crippen LogP contribution in [0.5, 0.6) is 17.2 Å². The summed E-state index contributed by atoms with van der Waals surface area (Å²) >= 11 is 0. The average molecular weight is 229 g/mol. The van der Waals surface area contributed by atoms with E-state index in [2.05, 4.69) is 0 Å². The Morgan fingerprint density at radius 2 is 2.38 bits per heavy atom. The summed E-state index contributed by atoms with van der Waals surface area (Å²) in [5.41, 5.74) is 5.54. The highest BCUT2D eigenvalue weighted by atomic mass is 19.1. The molecule has 0 saturated heterocycles. The van der Waals surface area contributed by atoms with E-state index >= 15 is 0 Å². The van der Waals surface area contributed by atoms with Crippen molar-refractivity contribution in [3.05, 3.63) is 17.4 Å². The van der Waals surface area contributed by atoms with Gasteiger partial charge in [-0.3, -0.25) is 0 Å². The van der Waals surface area contributed by atoms with Crippen molar-refractivity contribution in [3.8, 4) is 17.2 Å². The number of fused-ring (bicyclic) bond motifs is 1. The zero-order chi connectivity index (χ0) is 11.7. The third-order valence-electron chi connectivity index (χ3n) is 2.37. The van der Waals surface area contributed by atoms with Gasteiger partial charge in [0.2, 0.25) is 6.79 Å². The quantitative estimate of drug-likeness (QED) is 0.792. The van der Waals surface area contributed by atoms with Crippen LogP contribution < -0.4 is 19.9 Å². The highest BCUT2D eigenvalue weighted by Gasteiger charge is 2.28. The van der Waals surface area contributed by atoms with E-state index in [0.29, 0.717) is 0 Å². The maximum absolute atomic E-state index is 13.6. The molecular formula is C10H12FNO4. The molecule has 16 heavy (non-hydrogen) atoms. The van der Waals surface area contributed by atoms with Crippen LogP contribution in [0.25, 0.3) is 0 Å². The molecule has 0 saturated carbocycles. The van der Waals surface area contributed by atoms with Gasteiger partial charge in [0.15, 0.2) is 23.1 Å². The first kappa shape index (κ1) is 11.0. The number of hydrogen-bond donors (Lipinski definition) is 2. The van der Waals surface area contributed by atoms with E-state index in [-0.39, 0.29) is 36.1 Å². The van der Waals surface area contributed by atoms with E-state index in [1.165, 1.54) is 7.11 Å². The van der Waals surface area contributed by atoms with Crippen LogP contribution in [0.1, 0.15) is 11.7 Å². The van der Waals surface area contributed by atoms with E-state index in [1.807, 2.05) is 0 Å². The van der Waals surface area contributed by atoms with Crippen molar-refractivity contribution in [2.45, 2.75) is 6.10 Å². The number of halogens is 1. The molecule has 88 valence electrons. The highest BCUT2D eigenvalue weighted by Crippen LogP contribution is 2.45. The highest BCUT2D eigenvalue weighted by molar-refractivity contribution is 5.56. The molecule has 1 aromatic carbocycles. The Kier molecular flexibility index (Phi) is 2.84. The van der Waals surface area contributed by atoms with E-state index < -0.39 is 11.9 Å². The SMILES string of the molecule is COc1c(F)cc2c(c1C(O)CN)OCO2. The zero-order valence-corrected chi connectivity index (χ0v) is 8.70. The molecule has 3 N–H and O–H groups in total.